The Hall–Kier alpha value is -5.13. The first-order valence-corrected chi connectivity index (χ1v) is 17.6. The lowest BCUT2D eigenvalue weighted by molar-refractivity contribution is 1.30. The summed E-state index contributed by atoms with van der Waals surface area (Å²) >= 11 is 10.7. The lowest BCUT2D eigenvalue weighted by Crippen LogP contribution is -2.10. The SMILES string of the molecule is Clc1cc(N(c2ccccc2)c2ccc3c(c2)sc2cccc(N(c4ccccc4)c4ccccc4)c23)cc2sc3ccccc3c12. The average Bonchev–Trinajstić information content (AvgIpc) is 3.69. The Morgan fingerprint density at radius 2 is 0.915 bits per heavy atom. The molecular formula is C42H27ClN2S2. The van der Waals surface area contributed by atoms with Gasteiger partial charge in [0.05, 0.1) is 10.7 Å². The highest BCUT2D eigenvalue weighted by Gasteiger charge is 2.21. The van der Waals surface area contributed by atoms with E-state index in [1.807, 2.05) is 11.3 Å². The van der Waals surface area contributed by atoms with Crippen LogP contribution in [0.2, 0.25) is 5.02 Å². The molecule has 0 aliphatic carbocycles. The van der Waals surface area contributed by atoms with E-state index in [-0.39, 0.29) is 0 Å². The van der Waals surface area contributed by atoms with Crippen LogP contribution >= 0.6 is 34.3 Å². The Morgan fingerprint density at radius 3 is 1.62 bits per heavy atom. The van der Waals surface area contributed by atoms with Gasteiger partial charge in [0.15, 0.2) is 0 Å². The molecule has 9 rings (SSSR count). The molecule has 0 spiro atoms. The molecule has 5 heteroatoms. The van der Waals surface area contributed by atoms with E-state index >= 15 is 0 Å². The summed E-state index contributed by atoms with van der Waals surface area (Å²) in [6.45, 7) is 0. The van der Waals surface area contributed by atoms with Gasteiger partial charge < -0.3 is 9.80 Å². The van der Waals surface area contributed by atoms with Crippen LogP contribution in [0.4, 0.5) is 34.1 Å². The molecule has 0 unspecified atom stereocenters. The number of anilines is 6. The second-order valence-electron chi connectivity index (χ2n) is 11.5. The van der Waals surface area contributed by atoms with E-state index in [1.165, 1.54) is 40.6 Å². The van der Waals surface area contributed by atoms with Crippen LogP contribution in [0.1, 0.15) is 0 Å². The third kappa shape index (κ3) is 4.85. The van der Waals surface area contributed by atoms with Gasteiger partial charge in [0.25, 0.3) is 0 Å². The summed E-state index contributed by atoms with van der Waals surface area (Å²) in [5, 5.41) is 5.60. The highest BCUT2D eigenvalue weighted by Crippen LogP contribution is 2.48. The Kier molecular flexibility index (Phi) is 6.93. The van der Waals surface area contributed by atoms with Gasteiger partial charge in [-0.3, -0.25) is 0 Å². The maximum Gasteiger partial charge on any atom is 0.0554 e. The van der Waals surface area contributed by atoms with Crippen molar-refractivity contribution in [2.45, 2.75) is 0 Å². The van der Waals surface area contributed by atoms with Gasteiger partial charge in [-0.25, -0.2) is 0 Å². The fourth-order valence-corrected chi connectivity index (χ4v) is 9.34. The van der Waals surface area contributed by atoms with Crippen molar-refractivity contribution in [1.82, 2.24) is 0 Å². The minimum atomic E-state index is 0.769. The van der Waals surface area contributed by atoms with E-state index in [1.54, 1.807) is 11.3 Å². The molecule has 7 aromatic carbocycles. The molecule has 0 aliphatic heterocycles. The van der Waals surface area contributed by atoms with Crippen LogP contribution in [0, 0.1) is 0 Å². The Balaban J connectivity index is 1.23. The second kappa shape index (κ2) is 11.6. The van der Waals surface area contributed by atoms with Gasteiger partial charge in [-0.2, -0.15) is 0 Å². The molecule has 47 heavy (non-hydrogen) atoms. The van der Waals surface area contributed by atoms with E-state index in [0.29, 0.717) is 0 Å². The first-order chi connectivity index (χ1) is 23.2. The van der Waals surface area contributed by atoms with Gasteiger partial charge in [-0.1, -0.05) is 96.5 Å². The third-order valence-corrected chi connectivity index (χ3v) is 11.2. The van der Waals surface area contributed by atoms with Crippen LogP contribution in [0.25, 0.3) is 40.3 Å². The molecule has 0 atom stereocenters. The molecule has 0 bridgehead atoms. The molecule has 2 nitrogen and oxygen atoms in total. The fourth-order valence-electron chi connectivity index (χ4n) is 6.65. The minimum Gasteiger partial charge on any atom is -0.310 e. The molecule has 0 aliphatic rings. The number of hydrogen-bond acceptors (Lipinski definition) is 4. The Bertz CT molecular complexity index is 2500. The normalized spacial score (nSPS) is 11.5. The molecule has 0 saturated heterocycles. The molecule has 2 heterocycles. The summed E-state index contributed by atoms with van der Waals surface area (Å²) in [4.78, 5) is 4.68. The van der Waals surface area contributed by atoms with Crippen LogP contribution in [0.15, 0.2) is 164 Å². The lowest BCUT2D eigenvalue weighted by Gasteiger charge is -2.27. The number of thiophene rings is 2. The second-order valence-corrected chi connectivity index (χ2v) is 14.1. The number of nitrogens with zero attached hydrogens (tertiary/aromatic N) is 2. The first-order valence-electron chi connectivity index (χ1n) is 15.5. The van der Waals surface area contributed by atoms with E-state index in [9.17, 15) is 0 Å². The predicted molar refractivity (Wildman–Crippen MR) is 207 cm³/mol. The molecule has 0 amide bonds. The number of fused-ring (bicyclic) bond motifs is 6. The quantitative estimate of drug-likeness (QED) is 0.175. The molecule has 9 aromatic rings. The van der Waals surface area contributed by atoms with Crippen LogP contribution < -0.4 is 9.80 Å². The summed E-state index contributed by atoms with van der Waals surface area (Å²) in [5.74, 6) is 0. The van der Waals surface area contributed by atoms with Crippen molar-refractivity contribution >= 4 is 109 Å². The van der Waals surface area contributed by atoms with E-state index in [4.69, 9.17) is 11.6 Å². The molecule has 0 fully saturated rings. The number of benzene rings is 7. The molecule has 2 aromatic heterocycles. The molecule has 0 radical (unpaired) electrons. The molecular weight excluding hydrogens is 632 g/mol. The van der Waals surface area contributed by atoms with Gasteiger partial charge in [0, 0.05) is 68.8 Å². The van der Waals surface area contributed by atoms with Gasteiger partial charge in [0.1, 0.15) is 0 Å². The average molecular weight is 659 g/mol. The maximum atomic E-state index is 7.08. The molecule has 0 N–H and O–H groups in total. The summed E-state index contributed by atoms with van der Waals surface area (Å²) in [6, 6.07) is 58.2. The summed E-state index contributed by atoms with van der Waals surface area (Å²) in [7, 11) is 0. The number of hydrogen-bond donors (Lipinski definition) is 0. The fraction of sp³-hybridized carbons (Fsp3) is 0. The zero-order valence-electron chi connectivity index (χ0n) is 25.2. The van der Waals surface area contributed by atoms with Crippen molar-refractivity contribution in [3.05, 3.63) is 169 Å². The number of halogens is 1. The zero-order chi connectivity index (χ0) is 31.3. The molecule has 224 valence electrons. The van der Waals surface area contributed by atoms with Crippen LogP contribution in [-0.4, -0.2) is 0 Å². The summed E-state index contributed by atoms with van der Waals surface area (Å²) in [6.07, 6.45) is 0. The Morgan fingerprint density at radius 1 is 0.362 bits per heavy atom. The van der Waals surface area contributed by atoms with Crippen molar-refractivity contribution in [2.75, 3.05) is 9.80 Å². The summed E-state index contributed by atoms with van der Waals surface area (Å²) in [5.41, 5.74) is 6.65. The summed E-state index contributed by atoms with van der Waals surface area (Å²) < 4.78 is 4.92. The van der Waals surface area contributed by atoms with Crippen LogP contribution in [-0.2, 0) is 0 Å². The minimum absolute atomic E-state index is 0.769. The standard InChI is InChI=1S/C42H27ClN2S2/c43-35-25-32(27-40-41(35)33-19-10-11-21-37(33)46-40)44(28-13-4-1-5-14-28)31-23-24-34-39(26-31)47-38-22-12-20-36(42(34)38)45(29-15-6-2-7-16-29)30-17-8-3-9-18-30/h1-27H. The maximum absolute atomic E-state index is 7.08. The number of rotatable bonds is 6. The van der Waals surface area contributed by atoms with Crippen molar-refractivity contribution < 1.29 is 0 Å². The van der Waals surface area contributed by atoms with Gasteiger partial charge >= 0.3 is 0 Å². The van der Waals surface area contributed by atoms with Crippen LogP contribution in [0.5, 0.6) is 0 Å². The smallest absolute Gasteiger partial charge is 0.0554 e. The van der Waals surface area contributed by atoms with Gasteiger partial charge in [-0.15, -0.1) is 22.7 Å². The van der Waals surface area contributed by atoms with Crippen molar-refractivity contribution in [3.8, 4) is 0 Å². The first kappa shape index (κ1) is 28.1. The highest BCUT2D eigenvalue weighted by atomic mass is 35.5. The van der Waals surface area contributed by atoms with Gasteiger partial charge in [-0.05, 0) is 78.9 Å². The lowest BCUT2D eigenvalue weighted by atomic mass is 10.1. The molecule has 0 saturated carbocycles. The third-order valence-electron chi connectivity index (χ3n) is 8.67. The van der Waals surface area contributed by atoms with Crippen molar-refractivity contribution in [3.63, 3.8) is 0 Å². The topological polar surface area (TPSA) is 6.48 Å². The van der Waals surface area contributed by atoms with E-state index in [0.717, 1.165) is 38.8 Å². The van der Waals surface area contributed by atoms with Crippen molar-refractivity contribution in [2.24, 2.45) is 0 Å². The number of para-hydroxylation sites is 3. The van der Waals surface area contributed by atoms with Gasteiger partial charge in [0.2, 0.25) is 0 Å². The van der Waals surface area contributed by atoms with E-state index in [2.05, 4.69) is 174 Å². The van der Waals surface area contributed by atoms with E-state index < -0.39 is 0 Å². The van der Waals surface area contributed by atoms with Crippen molar-refractivity contribution in [1.29, 1.82) is 0 Å². The zero-order valence-corrected chi connectivity index (χ0v) is 27.6. The van der Waals surface area contributed by atoms with Crippen LogP contribution in [0.3, 0.4) is 0 Å². The monoisotopic (exact) mass is 658 g/mol. The Labute approximate surface area is 285 Å². The largest absolute Gasteiger partial charge is 0.310 e. The highest BCUT2D eigenvalue weighted by molar-refractivity contribution is 7.26. The predicted octanol–water partition coefficient (Wildman–Crippen LogP) is 14.0.